The number of hydrogen-bond donors (Lipinski definition) is 2. The van der Waals surface area contributed by atoms with Gasteiger partial charge in [0.1, 0.15) is 11.6 Å². The number of aromatic amines is 1. The third-order valence-electron chi connectivity index (χ3n) is 6.04. The van der Waals surface area contributed by atoms with Crippen molar-refractivity contribution in [3.63, 3.8) is 0 Å². The molecule has 1 atom stereocenters. The molecule has 35 heavy (non-hydrogen) atoms. The first-order chi connectivity index (χ1) is 17.1. The molecule has 1 aliphatic heterocycles. The summed E-state index contributed by atoms with van der Waals surface area (Å²) in [6.45, 7) is 2.45. The molecule has 3 aromatic carbocycles. The highest BCUT2D eigenvalue weighted by atomic mass is 16.5. The van der Waals surface area contributed by atoms with Crippen LogP contribution in [0.15, 0.2) is 84.3 Å². The van der Waals surface area contributed by atoms with Crippen molar-refractivity contribution in [1.29, 1.82) is 5.26 Å². The van der Waals surface area contributed by atoms with Crippen LogP contribution in [0, 0.1) is 11.3 Å². The predicted octanol–water partition coefficient (Wildman–Crippen LogP) is 5.37. The van der Waals surface area contributed by atoms with Gasteiger partial charge < -0.3 is 19.9 Å². The largest absolute Gasteiger partial charge is 0.493 e. The lowest BCUT2D eigenvalue weighted by Gasteiger charge is -2.24. The molecule has 0 saturated carbocycles. The van der Waals surface area contributed by atoms with E-state index in [1.54, 1.807) is 7.11 Å². The SMILES string of the molecule is CCOc1ccc(-c2[nH]nc3c2[C@@H](c2ccc(-c4ccccc4)cc2)C(C#N)=C(N)O3)cc1OC. The molecule has 0 spiro atoms. The standard InChI is InChI=1S/C28H24N4O3/c1-3-34-22-14-13-20(15-23(22)33-2)26-25-24(21(16-29)27(30)35-28(25)32-31-26)19-11-9-18(10-12-19)17-7-5-4-6-8-17/h4-15,24H,3,30H2,1-2H3,(H,31,32)/t24-/m0/s1. The van der Waals surface area contributed by atoms with Crippen LogP contribution in [0.5, 0.6) is 17.4 Å². The lowest BCUT2D eigenvalue weighted by Crippen LogP contribution is -2.21. The first kappa shape index (κ1) is 22.1. The second-order valence-corrected chi connectivity index (χ2v) is 8.03. The Bertz CT molecular complexity index is 1430. The van der Waals surface area contributed by atoms with Crippen molar-refractivity contribution in [1.82, 2.24) is 10.2 Å². The number of rotatable bonds is 6. The third kappa shape index (κ3) is 3.96. The highest BCUT2D eigenvalue weighted by Gasteiger charge is 2.35. The molecule has 0 fully saturated rings. The summed E-state index contributed by atoms with van der Waals surface area (Å²) in [7, 11) is 1.60. The van der Waals surface area contributed by atoms with Crippen LogP contribution in [-0.4, -0.2) is 23.9 Å². The number of nitriles is 1. The Balaban J connectivity index is 1.62. The topological polar surface area (TPSA) is 106 Å². The van der Waals surface area contributed by atoms with E-state index in [0.29, 0.717) is 29.6 Å². The van der Waals surface area contributed by atoms with Gasteiger partial charge in [-0.25, -0.2) is 0 Å². The van der Waals surface area contributed by atoms with E-state index in [9.17, 15) is 5.26 Å². The number of H-pyrrole nitrogens is 1. The summed E-state index contributed by atoms with van der Waals surface area (Å²) in [6, 6.07) is 26.2. The number of allylic oxidation sites excluding steroid dienone is 1. The molecule has 0 amide bonds. The number of aromatic nitrogens is 2. The first-order valence-electron chi connectivity index (χ1n) is 11.3. The Morgan fingerprint density at radius 1 is 1.00 bits per heavy atom. The fourth-order valence-electron chi connectivity index (χ4n) is 4.39. The lowest BCUT2D eigenvalue weighted by molar-refractivity contribution is 0.311. The number of benzene rings is 3. The van der Waals surface area contributed by atoms with E-state index in [4.69, 9.17) is 19.9 Å². The summed E-state index contributed by atoms with van der Waals surface area (Å²) < 4.78 is 16.9. The maximum absolute atomic E-state index is 9.99. The summed E-state index contributed by atoms with van der Waals surface area (Å²) in [5.41, 5.74) is 11.9. The molecule has 0 unspecified atom stereocenters. The zero-order valence-corrected chi connectivity index (χ0v) is 19.4. The molecule has 1 aliphatic rings. The van der Waals surface area contributed by atoms with Crippen molar-refractivity contribution >= 4 is 0 Å². The summed E-state index contributed by atoms with van der Waals surface area (Å²) in [5, 5.41) is 17.4. The monoisotopic (exact) mass is 464 g/mol. The van der Waals surface area contributed by atoms with Crippen molar-refractivity contribution < 1.29 is 14.2 Å². The average Bonchev–Trinajstić information content (AvgIpc) is 3.32. The number of nitrogens with one attached hydrogen (secondary N) is 1. The van der Waals surface area contributed by atoms with Gasteiger partial charge in [-0.1, -0.05) is 54.6 Å². The van der Waals surface area contributed by atoms with Gasteiger partial charge in [0.25, 0.3) is 0 Å². The fourth-order valence-corrected chi connectivity index (χ4v) is 4.39. The molecular weight excluding hydrogens is 440 g/mol. The Morgan fingerprint density at radius 3 is 2.40 bits per heavy atom. The maximum atomic E-state index is 9.99. The molecule has 5 rings (SSSR count). The van der Waals surface area contributed by atoms with Gasteiger partial charge in [-0.2, -0.15) is 5.26 Å². The zero-order chi connectivity index (χ0) is 24.4. The van der Waals surface area contributed by atoms with E-state index < -0.39 is 5.92 Å². The van der Waals surface area contributed by atoms with Crippen LogP contribution in [0.25, 0.3) is 22.4 Å². The van der Waals surface area contributed by atoms with Gasteiger partial charge in [0.15, 0.2) is 11.5 Å². The lowest BCUT2D eigenvalue weighted by atomic mass is 9.82. The van der Waals surface area contributed by atoms with Crippen LogP contribution in [0.4, 0.5) is 0 Å². The molecule has 2 heterocycles. The van der Waals surface area contributed by atoms with E-state index in [0.717, 1.165) is 33.5 Å². The van der Waals surface area contributed by atoms with E-state index >= 15 is 0 Å². The quantitative estimate of drug-likeness (QED) is 0.397. The Kier molecular flexibility index (Phi) is 5.86. The molecule has 1 aromatic heterocycles. The second-order valence-electron chi connectivity index (χ2n) is 8.03. The third-order valence-corrected chi connectivity index (χ3v) is 6.04. The van der Waals surface area contributed by atoms with Crippen LogP contribution < -0.4 is 19.9 Å². The van der Waals surface area contributed by atoms with E-state index in [-0.39, 0.29) is 5.88 Å². The van der Waals surface area contributed by atoms with Gasteiger partial charge in [0, 0.05) is 5.56 Å². The van der Waals surface area contributed by atoms with Crippen molar-refractivity contribution in [3.05, 3.63) is 95.4 Å². The maximum Gasteiger partial charge on any atom is 0.244 e. The highest BCUT2D eigenvalue weighted by molar-refractivity contribution is 5.73. The molecule has 7 nitrogen and oxygen atoms in total. The van der Waals surface area contributed by atoms with Gasteiger partial charge in [0.2, 0.25) is 11.8 Å². The van der Waals surface area contributed by atoms with E-state index in [1.807, 2.05) is 67.6 Å². The van der Waals surface area contributed by atoms with Gasteiger partial charge in [0.05, 0.1) is 30.9 Å². The van der Waals surface area contributed by atoms with Gasteiger partial charge >= 0.3 is 0 Å². The molecule has 0 aliphatic carbocycles. The first-order valence-corrected chi connectivity index (χ1v) is 11.3. The molecule has 3 N–H and O–H groups in total. The Hall–Kier alpha value is -4.70. The predicted molar refractivity (Wildman–Crippen MR) is 133 cm³/mol. The molecule has 4 aromatic rings. The van der Waals surface area contributed by atoms with Crippen LogP contribution in [0.2, 0.25) is 0 Å². The smallest absolute Gasteiger partial charge is 0.244 e. The van der Waals surface area contributed by atoms with Crippen molar-refractivity contribution in [2.75, 3.05) is 13.7 Å². The fraction of sp³-hybridized carbons (Fsp3) is 0.143. The summed E-state index contributed by atoms with van der Waals surface area (Å²) >= 11 is 0. The summed E-state index contributed by atoms with van der Waals surface area (Å²) in [5.74, 6) is 1.21. The molecule has 0 radical (unpaired) electrons. The Labute approximate surface area is 203 Å². The normalized spacial score (nSPS) is 14.6. The van der Waals surface area contributed by atoms with Crippen molar-refractivity contribution in [2.24, 2.45) is 5.73 Å². The van der Waals surface area contributed by atoms with Gasteiger partial charge in [-0.05, 0) is 41.8 Å². The molecule has 0 saturated heterocycles. The van der Waals surface area contributed by atoms with Crippen molar-refractivity contribution in [3.8, 4) is 45.8 Å². The summed E-state index contributed by atoms with van der Waals surface area (Å²) in [4.78, 5) is 0. The second kappa shape index (κ2) is 9.27. The minimum absolute atomic E-state index is 0.0551. The van der Waals surface area contributed by atoms with Crippen LogP contribution in [-0.2, 0) is 0 Å². The van der Waals surface area contributed by atoms with Gasteiger partial charge in [-0.3, -0.25) is 5.10 Å². The van der Waals surface area contributed by atoms with E-state index in [2.05, 4.69) is 28.4 Å². The van der Waals surface area contributed by atoms with E-state index in [1.165, 1.54) is 0 Å². The minimum Gasteiger partial charge on any atom is -0.493 e. The number of fused-ring (bicyclic) bond motifs is 1. The number of methoxy groups -OCH3 is 1. The van der Waals surface area contributed by atoms with Crippen LogP contribution >= 0.6 is 0 Å². The molecule has 7 heteroatoms. The molecule has 174 valence electrons. The highest BCUT2D eigenvalue weighted by Crippen LogP contribution is 2.46. The van der Waals surface area contributed by atoms with Crippen LogP contribution in [0.1, 0.15) is 24.0 Å². The molecule has 0 bridgehead atoms. The molecular formula is C28H24N4O3. The number of nitrogens with zero attached hydrogens (tertiary/aromatic N) is 2. The number of hydrogen-bond acceptors (Lipinski definition) is 6. The van der Waals surface area contributed by atoms with Crippen molar-refractivity contribution in [2.45, 2.75) is 12.8 Å². The van der Waals surface area contributed by atoms with Crippen LogP contribution in [0.3, 0.4) is 0 Å². The zero-order valence-electron chi connectivity index (χ0n) is 19.4. The minimum atomic E-state index is -0.445. The van der Waals surface area contributed by atoms with Gasteiger partial charge in [-0.15, -0.1) is 5.10 Å². The number of nitrogens with two attached hydrogens (primary N) is 1. The summed E-state index contributed by atoms with van der Waals surface area (Å²) in [6.07, 6.45) is 0. The number of ether oxygens (including phenoxy) is 3. The Morgan fingerprint density at radius 2 is 1.71 bits per heavy atom. The average molecular weight is 465 g/mol.